The summed E-state index contributed by atoms with van der Waals surface area (Å²) in [4.78, 5) is 9.59. The summed E-state index contributed by atoms with van der Waals surface area (Å²) >= 11 is 0. The third kappa shape index (κ3) is 4.04. The van der Waals surface area contributed by atoms with Crippen LogP contribution in [0.3, 0.4) is 0 Å². The Bertz CT molecular complexity index is 2180. The summed E-state index contributed by atoms with van der Waals surface area (Å²) < 4.78 is 9.76. The molecule has 0 saturated carbocycles. The van der Waals surface area contributed by atoms with Gasteiger partial charge in [-0.25, -0.2) is 0 Å². The van der Waals surface area contributed by atoms with Gasteiger partial charge < -0.3 is 18.5 Å². The van der Waals surface area contributed by atoms with E-state index in [4.69, 9.17) is 9.40 Å². The van der Waals surface area contributed by atoms with Crippen LogP contribution in [0.2, 0.25) is 0 Å². The van der Waals surface area contributed by atoms with Gasteiger partial charge in [0.25, 0.3) is 0 Å². The Morgan fingerprint density at radius 1 is 0.756 bits per heavy atom. The van der Waals surface area contributed by atoms with Crippen LogP contribution < -0.4 is 0 Å². The number of aromatic nitrogens is 4. The molecule has 0 unspecified atom stereocenters. The first-order valence-corrected chi connectivity index (χ1v) is 13.1. The first-order valence-electron chi connectivity index (χ1n) is 13.1. The number of hydrogen-bond acceptors (Lipinski definition) is 3. The average molecular weight is 710 g/mol. The molecule has 5 nitrogen and oxygen atoms in total. The molecule has 0 N–H and O–H groups in total. The molecule has 0 fully saturated rings. The van der Waals surface area contributed by atoms with Crippen molar-refractivity contribution in [2.45, 2.75) is 0 Å². The van der Waals surface area contributed by atoms with Crippen molar-refractivity contribution in [3.8, 4) is 39.5 Å². The molecule has 8 aromatic rings. The van der Waals surface area contributed by atoms with Gasteiger partial charge in [0.05, 0.1) is 29.4 Å². The molecule has 4 aromatic carbocycles. The molecule has 198 valence electrons. The van der Waals surface area contributed by atoms with Crippen molar-refractivity contribution in [3.05, 3.63) is 128 Å². The van der Waals surface area contributed by atoms with Crippen molar-refractivity contribution in [1.82, 2.24) is 19.1 Å². The van der Waals surface area contributed by atoms with Crippen molar-refractivity contribution in [3.63, 3.8) is 0 Å². The third-order valence-corrected chi connectivity index (χ3v) is 7.51. The average Bonchev–Trinajstić information content (AvgIpc) is 3.74. The van der Waals surface area contributed by atoms with E-state index in [0.717, 1.165) is 66.9 Å². The van der Waals surface area contributed by atoms with E-state index in [2.05, 4.69) is 94.0 Å². The number of furan rings is 1. The van der Waals surface area contributed by atoms with Crippen molar-refractivity contribution in [2.75, 3.05) is 0 Å². The first kappa shape index (κ1) is 25.3. The van der Waals surface area contributed by atoms with Crippen molar-refractivity contribution < 1.29 is 25.5 Å². The molecule has 6 heteroatoms. The summed E-state index contributed by atoms with van der Waals surface area (Å²) in [6.07, 6.45) is 5.28. The molecule has 0 radical (unpaired) electrons. The number of fused-ring (bicyclic) bond motifs is 4. The molecule has 41 heavy (non-hydrogen) atoms. The molecule has 0 spiro atoms. The standard InChI is InChI=1S/C35H22N4O.Pt/c1-38-34-27(25-17-19-40-22-25)11-7-13-31(34)37-35(38)24-15-16-29-28-10-2-3-14-32(28)39(33(29)21-24)26-9-6-8-23(20-26)30-12-4-5-18-36-30;/h2-19,22H,1H3;/q-2;+2. The Morgan fingerprint density at radius 3 is 2.49 bits per heavy atom. The number of pyridine rings is 1. The minimum atomic E-state index is 0. The van der Waals surface area contributed by atoms with Gasteiger partial charge in [-0.2, -0.15) is 0 Å². The van der Waals surface area contributed by atoms with Gasteiger partial charge in [0.15, 0.2) is 0 Å². The van der Waals surface area contributed by atoms with Crippen LogP contribution >= 0.6 is 0 Å². The zero-order valence-electron chi connectivity index (χ0n) is 22.0. The number of para-hydroxylation sites is 2. The predicted molar refractivity (Wildman–Crippen MR) is 159 cm³/mol. The van der Waals surface area contributed by atoms with Crippen LogP contribution in [0.5, 0.6) is 0 Å². The molecular weight excluding hydrogens is 687 g/mol. The molecule has 0 atom stereocenters. The predicted octanol–water partition coefficient (Wildman–Crippen LogP) is 8.26. The van der Waals surface area contributed by atoms with Crippen molar-refractivity contribution in [1.29, 1.82) is 0 Å². The van der Waals surface area contributed by atoms with Crippen LogP contribution in [0, 0.1) is 12.1 Å². The number of hydrogen-bond donors (Lipinski definition) is 0. The Hall–Kier alpha value is -4.73. The molecule has 0 aliphatic heterocycles. The number of nitrogens with zero attached hydrogens (tertiary/aromatic N) is 4. The fourth-order valence-electron chi connectivity index (χ4n) is 5.69. The number of imidazole rings is 1. The van der Waals surface area contributed by atoms with Crippen LogP contribution in [0.15, 0.2) is 120 Å². The SMILES string of the molecule is Cn1c(-c2[c-]c3c(cc2)c2ccccc2n3-c2[c-]c(-c3ccccn3)ccc2)nc2cccc(-c3ccoc3)c21.[Pt+2]. The summed E-state index contributed by atoms with van der Waals surface area (Å²) in [6.45, 7) is 0. The van der Waals surface area contributed by atoms with E-state index >= 15 is 0 Å². The maximum absolute atomic E-state index is 5.37. The van der Waals surface area contributed by atoms with E-state index in [1.165, 1.54) is 5.39 Å². The van der Waals surface area contributed by atoms with E-state index in [1.54, 1.807) is 12.5 Å². The van der Waals surface area contributed by atoms with Gasteiger partial charge in [-0.05, 0) is 46.5 Å². The molecule has 0 bridgehead atoms. The molecule has 4 aromatic heterocycles. The normalized spacial score (nSPS) is 11.3. The number of rotatable bonds is 4. The van der Waals surface area contributed by atoms with Crippen LogP contribution in [0.1, 0.15) is 0 Å². The van der Waals surface area contributed by atoms with E-state index in [0.29, 0.717) is 0 Å². The van der Waals surface area contributed by atoms with Crippen LogP contribution in [-0.4, -0.2) is 19.1 Å². The largest absolute Gasteiger partial charge is 2.00 e. The Morgan fingerprint density at radius 2 is 1.63 bits per heavy atom. The van der Waals surface area contributed by atoms with Crippen LogP contribution in [0.25, 0.3) is 72.3 Å². The van der Waals surface area contributed by atoms with Gasteiger partial charge in [0, 0.05) is 29.9 Å². The third-order valence-electron chi connectivity index (χ3n) is 7.51. The summed E-state index contributed by atoms with van der Waals surface area (Å²) in [5.74, 6) is 0.857. The molecular formula is C35H22N4OPt. The maximum Gasteiger partial charge on any atom is 2.00 e. The quantitative estimate of drug-likeness (QED) is 0.173. The fourth-order valence-corrected chi connectivity index (χ4v) is 5.69. The fraction of sp³-hybridized carbons (Fsp3) is 0.0286. The Balaban J connectivity index is 0.00000276. The zero-order valence-corrected chi connectivity index (χ0v) is 24.3. The second-order valence-corrected chi connectivity index (χ2v) is 9.83. The van der Waals surface area contributed by atoms with E-state index in [-0.39, 0.29) is 21.1 Å². The van der Waals surface area contributed by atoms with Gasteiger partial charge in [-0.15, -0.1) is 53.6 Å². The molecule has 0 saturated heterocycles. The van der Waals surface area contributed by atoms with Gasteiger partial charge >= 0.3 is 21.1 Å². The summed E-state index contributed by atoms with van der Waals surface area (Å²) in [5, 5.41) is 2.30. The summed E-state index contributed by atoms with van der Waals surface area (Å²) in [7, 11) is 2.06. The van der Waals surface area contributed by atoms with Gasteiger partial charge in [-0.3, -0.25) is 4.98 Å². The maximum atomic E-state index is 5.37. The minimum Gasteiger partial charge on any atom is -0.472 e. The molecule has 0 aliphatic rings. The smallest absolute Gasteiger partial charge is 0.472 e. The van der Waals surface area contributed by atoms with Crippen molar-refractivity contribution in [2.24, 2.45) is 7.05 Å². The molecule has 4 heterocycles. The van der Waals surface area contributed by atoms with Gasteiger partial charge in [-0.1, -0.05) is 47.9 Å². The van der Waals surface area contributed by atoms with E-state index < -0.39 is 0 Å². The number of benzene rings is 4. The van der Waals surface area contributed by atoms with Crippen LogP contribution in [-0.2, 0) is 28.1 Å². The first-order chi connectivity index (χ1) is 19.8. The molecule has 0 aliphatic carbocycles. The second-order valence-electron chi connectivity index (χ2n) is 9.83. The minimum absolute atomic E-state index is 0. The second kappa shape index (κ2) is 10.0. The van der Waals surface area contributed by atoms with Gasteiger partial charge in [0.1, 0.15) is 0 Å². The number of aryl methyl sites for hydroxylation is 1. The van der Waals surface area contributed by atoms with Crippen LogP contribution in [0.4, 0.5) is 0 Å². The molecule has 8 rings (SSSR count). The Labute approximate surface area is 251 Å². The Kier molecular flexibility index (Phi) is 6.18. The van der Waals surface area contributed by atoms with Gasteiger partial charge in [0.2, 0.25) is 0 Å². The van der Waals surface area contributed by atoms with E-state index in [1.807, 2.05) is 42.6 Å². The zero-order chi connectivity index (χ0) is 26.6. The van der Waals surface area contributed by atoms with E-state index in [9.17, 15) is 0 Å². The summed E-state index contributed by atoms with van der Waals surface area (Å²) in [5.41, 5.74) is 9.90. The summed E-state index contributed by atoms with van der Waals surface area (Å²) in [6, 6.07) is 40.4. The van der Waals surface area contributed by atoms with Crippen molar-refractivity contribution >= 4 is 32.8 Å². The molecule has 0 amide bonds. The topological polar surface area (TPSA) is 48.8 Å². The monoisotopic (exact) mass is 709 g/mol.